The number of hydrogen-bond acceptors (Lipinski definition) is 4. The van der Waals surface area contributed by atoms with Crippen molar-refractivity contribution in [2.24, 2.45) is 0 Å². The average Bonchev–Trinajstić information content (AvgIpc) is 3.22. The molecule has 2 aromatic carbocycles. The highest BCUT2D eigenvalue weighted by Crippen LogP contribution is 2.16. The van der Waals surface area contributed by atoms with E-state index in [0.717, 1.165) is 12.1 Å². The fraction of sp³-hybridized carbons (Fsp3) is 0.143. The Labute approximate surface area is 171 Å². The zero-order valence-corrected chi connectivity index (χ0v) is 15.9. The van der Waals surface area contributed by atoms with Crippen molar-refractivity contribution in [2.45, 2.75) is 19.6 Å². The van der Waals surface area contributed by atoms with E-state index >= 15 is 0 Å². The van der Waals surface area contributed by atoms with Gasteiger partial charge in [-0.2, -0.15) is 0 Å². The number of carbonyl (C=O) groups excluding carboxylic acids is 2. The molecule has 3 amide bonds. The lowest BCUT2D eigenvalue weighted by Crippen LogP contribution is -2.47. The maximum Gasteiger partial charge on any atom is 0.333 e. The molecule has 1 unspecified atom stereocenters. The van der Waals surface area contributed by atoms with Gasteiger partial charge in [-0.05, 0) is 48.9 Å². The van der Waals surface area contributed by atoms with Crippen molar-refractivity contribution < 1.29 is 27.5 Å². The molecular formula is C21H19F2N3O4. The van der Waals surface area contributed by atoms with Gasteiger partial charge in [-0.1, -0.05) is 24.3 Å². The van der Waals surface area contributed by atoms with E-state index in [4.69, 9.17) is 9.15 Å². The molecule has 3 N–H and O–H groups in total. The molecule has 3 rings (SSSR count). The van der Waals surface area contributed by atoms with E-state index in [0.29, 0.717) is 17.1 Å². The Morgan fingerprint density at radius 3 is 2.50 bits per heavy atom. The van der Waals surface area contributed by atoms with E-state index < -0.39 is 29.6 Å². The lowest BCUT2D eigenvalue weighted by atomic mass is 10.1. The van der Waals surface area contributed by atoms with Crippen LogP contribution < -0.4 is 20.9 Å². The predicted octanol–water partition coefficient (Wildman–Crippen LogP) is 3.84. The van der Waals surface area contributed by atoms with Crippen LogP contribution in [0, 0.1) is 11.6 Å². The van der Waals surface area contributed by atoms with Crippen LogP contribution in [0.2, 0.25) is 0 Å². The summed E-state index contributed by atoms with van der Waals surface area (Å²) in [7, 11) is 0. The van der Waals surface area contributed by atoms with Crippen molar-refractivity contribution in [3.05, 3.63) is 89.4 Å². The first-order valence-corrected chi connectivity index (χ1v) is 9.00. The molecule has 0 aliphatic heterocycles. The number of para-hydroxylation sites is 1. The molecule has 156 valence electrons. The zero-order chi connectivity index (χ0) is 21.5. The largest absolute Gasteiger partial charge is 0.486 e. The summed E-state index contributed by atoms with van der Waals surface area (Å²) >= 11 is 0. The number of hydrogen-bond donors (Lipinski definition) is 3. The highest BCUT2D eigenvalue weighted by Gasteiger charge is 2.15. The van der Waals surface area contributed by atoms with Crippen molar-refractivity contribution in [3.63, 3.8) is 0 Å². The monoisotopic (exact) mass is 415 g/mol. The van der Waals surface area contributed by atoms with Gasteiger partial charge in [0.15, 0.2) is 17.4 Å². The molecule has 1 heterocycles. The Morgan fingerprint density at radius 1 is 1.00 bits per heavy atom. The number of ether oxygens (including phenoxy) is 1. The van der Waals surface area contributed by atoms with Crippen LogP contribution in [0.4, 0.5) is 13.6 Å². The molecule has 3 aromatic rings. The Morgan fingerprint density at radius 2 is 1.77 bits per heavy atom. The summed E-state index contributed by atoms with van der Waals surface area (Å²) in [5.74, 6) is -1.59. The molecule has 7 nitrogen and oxygen atoms in total. The zero-order valence-electron chi connectivity index (χ0n) is 15.9. The number of hydrazine groups is 1. The summed E-state index contributed by atoms with van der Waals surface area (Å²) in [5, 5.41) is 2.49. The summed E-state index contributed by atoms with van der Waals surface area (Å²) in [6, 6.07) is 14.1. The van der Waals surface area contributed by atoms with E-state index in [9.17, 15) is 18.4 Å². The second-order valence-electron chi connectivity index (χ2n) is 6.32. The first-order valence-electron chi connectivity index (χ1n) is 9.00. The molecule has 9 heteroatoms. The second kappa shape index (κ2) is 9.55. The second-order valence-corrected chi connectivity index (χ2v) is 6.32. The molecule has 0 bridgehead atoms. The molecule has 0 radical (unpaired) electrons. The summed E-state index contributed by atoms with van der Waals surface area (Å²) in [6.07, 6.45) is 0. The lowest BCUT2D eigenvalue weighted by molar-refractivity contribution is 0.0904. The Balaban J connectivity index is 1.46. The number of benzene rings is 2. The Bertz CT molecular complexity index is 1020. The standard InChI is InChI=1S/C21H19F2N3O4/c1-13(14-7-9-17(22)18(23)11-14)24-21(28)26-25-20(27)19-10-8-16(30-19)12-29-15-5-3-2-4-6-15/h2-11,13H,12H2,1H3,(H,25,27)(H2,24,26,28). The van der Waals surface area contributed by atoms with Gasteiger partial charge in [0.1, 0.15) is 18.1 Å². The van der Waals surface area contributed by atoms with Gasteiger partial charge < -0.3 is 14.5 Å². The normalized spacial score (nSPS) is 11.4. The smallest absolute Gasteiger partial charge is 0.333 e. The maximum atomic E-state index is 13.3. The SMILES string of the molecule is CC(NC(=O)NNC(=O)c1ccc(COc2ccccc2)o1)c1ccc(F)c(F)c1. The Kier molecular flexibility index (Phi) is 6.63. The van der Waals surface area contributed by atoms with Crippen LogP contribution in [0.1, 0.15) is 34.8 Å². The van der Waals surface area contributed by atoms with Gasteiger partial charge >= 0.3 is 11.9 Å². The van der Waals surface area contributed by atoms with Crippen LogP contribution in [0.15, 0.2) is 65.1 Å². The van der Waals surface area contributed by atoms with Crippen molar-refractivity contribution in [3.8, 4) is 5.75 Å². The predicted molar refractivity (Wildman–Crippen MR) is 103 cm³/mol. The number of carbonyl (C=O) groups is 2. The van der Waals surface area contributed by atoms with Gasteiger partial charge in [-0.25, -0.2) is 19.0 Å². The molecular weight excluding hydrogens is 396 g/mol. The van der Waals surface area contributed by atoms with E-state index in [1.165, 1.54) is 12.1 Å². The van der Waals surface area contributed by atoms with Gasteiger partial charge in [0.2, 0.25) is 0 Å². The maximum absolute atomic E-state index is 13.3. The van der Waals surface area contributed by atoms with E-state index in [1.54, 1.807) is 25.1 Å². The highest BCUT2D eigenvalue weighted by molar-refractivity contribution is 5.92. The van der Waals surface area contributed by atoms with Crippen LogP contribution in [0.3, 0.4) is 0 Å². The quantitative estimate of drug-likeness (QED) is 0.534. The van der Waals surface area contributed by atoms with E-state index in [1.807, 2.05) is 18.2 Å². The van der Waals surface area contributed by atoms with Crippen LogP contribution in [-0.4, -0.2) is 11.9 Å². The summed E-state index contributed by atoms with van der Waals surface area (Å²) in [6.45, 7) is 1.72. The summed E-state index contributed by atoms with van der Waals surface area (Å²) in [5.41, 5.74) is 4.72. The van der Waals surface area contributed by atoms with Crippen molar-refractivity contribution >= 4 is 11.9 Å². The van der Waals surface area contributed by atoms with E-state index in [-0.39, 0.29) is 12.4 Å². The molecule has 0 aliphatic carbocycles. The number of amides is 3. The van der Waals surface area contributed by atoms with Gasteiger partial charge in [-0.3, -0.25) is 10.2 Å². The molecule has 0 spiro atoms. The van der Waals surface area contributed by atoms with Gasteiger partial charge in [0, 0.05) is 0 Å². The molecule has 1 atom stereocenters. The van der Waals surface area contributed by atoms with Crippen LogP contribution in [0.25, 0.3) is 0 Å². The van der Waals surface area contributed by atoms with Gasteiger partial charge in [0.05, 0.1) is 6.04 Å². The minimum atomic E-state index is -1.01. The number of halogens is 2. The number of furan rings is 1. The van der Waals surface area contributed by atoms with Gasteiger partial charge in [0.25, 0.3) is 0 Å². The fourth-order valence-corrected chi connectivity index (χ4v) is 2.52. The fourth-order valence-electron chi connectivity index (χ4n) is 2.52. The summed E-state index contributed by atoms with van der Waals surface area (Å²) in [4.78, 5) is 24.0. The van der Waals surface area contributed by atoms with Crippen LogP contribution >= 0.6 is 0 Å². The molecule has 0 saturated carbocycles. The molecule has 30 heavy (non-hydrogen) atoms. The molecule has 0 saturated heterocycles. The van der Waals surface area contributed by atoms with Crippen molar-refractivity contribution in [2.75, 3.05) is 0 Å². The first kappa shape index (κ1) is 20.8. The molecule has 0 aliphatic rings. The summed E-state index contributed by atoms with van der Waals surface area (Å²) < 4.78 is 37.2. The third-order valence-electron chi connectivity index (χ3n) is 4.09. The molecule has 1 aromatic heterocycles. The minimum Gasteiger partial charge on any atom is -0.486 e. The average molecular weight is 415 g/mol. The third kappa shape index (κ3) is 5.57. The number of nitrogens with one attached hydrogen (secondary N) is 3. The van der Waals surface area contributed by atoms with Gasteiger partial charge in [-0.15, -0.1) is 0 Å². The van der Waals surface area contributed by atoms with Crippen molar-refractivity contribution in [1.82, 2.24) is 16.2 Å². The van der Waals surface area contributed by atoms with E-state index in [2.05, 4.69) is 16.2 Å². The minimum absolute atomic E-state index is 0.0179. The number of urea groups is 1. The van der Waals surface area contributed by atoms with Crippen LogP contribution in [-0.2, 0) is 6.61 Å². The number of rotatable bonds is 6. The van der Waals surface area contributed by atoms with Crippen LogP contribution in [0.5, 0.6) is 5.75 Å². The third-order valence-corrected chi connectivity index (χ3v) is 4.09. The van der Waals surface area contributed by atoms with Crippen molar-refractivity contribution in [1.29, 1.82) is 0 Å². The molecule has 0 fully saturated rings. The Hall–Kier alpha value is -3.88. The lowest BCUT2D eigenvalue weighted by Gasteiger charge is -2.15. The highest BCUT2D eigenvalue weighted by atomic mass is 19.2. The first-order chi connectivity index (χ1) is 14.4. The topological polar surface area (TPSA) is 92.6 Å².